The number of nitrogen functional groups attached to an aromatic ring is 1. The number of hydrogen-bond donors (Lipinski definition) is 5. The van der Waals surface area contributed by atoms with E-state index < -0.39 is 42.4 Å². The van der Waals surface area contributed by atoms with Gasteiger partial charge in [-0.05, 0) is 85.0 Å². The van der Waals surface area contributed by atoms with E-state index in [4.69, 9.17) is 20.6 Å². The van der Waals surface area contributed by atoms with E-state index in [0.717, 1.165) is 0 Å². The van der Waals surface area contributed by atoms with E-state index in [2.05, 4.69) is 16.0 Å². The van der Waals surface area contributed by atoms with Crippen LogP contribution in [0.2, 0.25) is 0 Å². The van der Waals surface area contributed by atoms with E-state index in [1.807, 2.05) is 0 Å². The maximum absolute atomic E-state index is 14.2. The molecule has 3 aromatic carbocycles. The van der Waals surface area contributed by atoms with Gasteiger partial charge in [-0.3, -0.25) is 19.8 Å². The molecule has 4 bridgehead atoms. The van der Waals surface area contributed by atoms with Crippen LogP contribution in [0.4, 0.5) is 20.2 Å². The number of esters is 1. The quantitative estimate of drug-likeness (QED) is 0.146. The van der Waals surface area contributed by atoms with Gasteiger partial charge in [0.1, 0.15) is 24.2 Å². The van der Waals surface area contributed by atoms with Crippen molar-refractivity contribution in [2.75, 3.05) is 23.8 Å². The second kappa shape index (κ2) is 12.7. The number of carbonyl (C=O) groups excluding carboxylic acids is 3. The molecule has 2 amide bonds. The molecule has 1 saturated carbocycles. The third-order valence-corrected chi connectivity index (χ3v) is 7.71. The van der Waals surface area contributed by atoms with Crippen molar-refractivity contribution in [1.82, 2.24) is 5.32 Å². The molecule has 6 N–H and O–H groups in total. The number of nitrogens with one attached hydrogen (secondary N) is 4. The molecule has 10 nitrogen and oxygen atoms in total. The number of fused-ring (bicyclic) bond motifs is 5. The number of ether oxygens (including phenoxy) is 2. The fourth-order valence-electron chi connectivity index (χ4n) is 5.44. The molecule has 2 unspecified atom stereocenters. The standard InChI is InChI=1S/C32H33F2N5O5/c1-2-43-31(42)24-16-32(24)21-4-3-5-23(15-21)37-27(40)13-9-19-14-20(8-12-25(19)44-17-26(33)34)28(30(41)39-32)38-22-10-6-18(7-11-22)29(35)36/h3-8,10-12,14-15,24,26,28,38H,2,9,13,16-17H2,1H3,(H3,35,36)(H,37,40)(H,39,41)/t24-,28?,32?/m1/s1. The summed E-state index contributed by atoms with van der Waals surface area (Å²) in [7, 11) is 0. The number of alkyl halides is 2. The Morgan fingerprint density at radius 3 is 2.59 bits per heavy atom. The minimum Gasteiger partial charge on any atom is -0.487 e. The van der Waals surface area contributed by atoms with Crippen molar-refractivity contribution >= 4 is 35.0 Å². The fourth-order valence-corrected chi connectivity index (χ4v) is 5.44. The third-order valence-electron chi connectivity index (χ3n) is 7.71. The van der Waals surface area contributed by atoms with Crippen molar-refractivity contribution in [2.45, 2.75) is 44.2 Å². The zero-order chi connectivity index (χ0) is 31.4. The average molecular weight is 606 g/mol. The first kappa shape index (κ1) is 30.5. The highest BCUT2D eigenvalue weighted by atomic mass is 19.3. The number of amidine groups is 1. The number of rotatable bonds is 8. The lowest BCUT2D eigenvalue weighted by Gasteiger charge is -2.27. The number of anilines is 2. The summed E-state index contributed by atoms with van der Waals surface area (Å²) in [5, 5.41) is 16.8. The predicted molar refractivity (Wildman–Crippen MR) is 160 cm³/mol. The Labute approximate surface area is 252 Å². The van der Waals surface area contributed by atoms with E-state index in [9.17, 15) is 23.2 Å². The molecule has 2 aliphatic rings. The molecule has 1 heterocycles. The number of hydrogen-bond acceptors (Lipinski definition) is 7. The van der Waals surface area contributed by atoms with E-state index in [1.165, 1.54) is 6.07 Å². The highest BCUT2D eigenvalue weighted by Crippen LogP contribution is 2.53. The van der Waals surface area contributed by atoms with Crippen LogP contribution in [0.15, 0.2) is 66.7 Å². The van der Waals surface area contributed by atoms with Gasteiger partial charge in [-0.25, -0.2) is 8.78 Å². The number of amides is 2. The zero-order valence-electron chi connectivity index (χ0n) is 24.0. The normalized spacial score (nSPS) is 21.1. The van der Waals surface area contributed by atoms with E-state index in [0.29, 0.717) is 40.0 Å². The summed E-state index contributed by atoms with van der Waals surface area (Å²) in [6, 6.07) is 17.3. The Balaban J connectivity index is 1.59. The lowest BCUT2D eigenvalue weighted by atomic mass is 9.96. The lowest BCUT2D eigenvalue weighted by Crippen LogP contribution is -2.42. The number of benzene rings is 3. The summed E-state index contributed by atoms with van der Waals surface area (Å²) >= 11 is 0. The summed E-state index contributed by atoms with van der Waals surface area (Å²) in [5.41, 5.74) is 7.63. The van der Waals surface area contributed by atoms with Crippen molar-refractivity contribution in [2.24, 2.45) is 11.7 Å². The summed E-state index contributed by atoms with van der Waals surface area (Å²) in [5.74, 6) is -1.78. The third kappa shape index (κ3) is 6.64. The van der Waals surface area contributed by atoms with Gasteiger partial charge in [0, 0.05) is 23.4 Å². The summed E-state index contributed by atoms with van der Waals surface area (Å²) in [4.78, 5) is 40.1. The van der Waals surface area contributed by atoms with Crippen molar-refractivity contribution in [3.8, 4) is 5.75 Å². The van der Waals surface area contributed by atoms with Crippen LogP contribution in [0.25, 0.3) is 0 Å². The summed E-state index contributed by atoms with van der Waals surface area (Å²) in [6.45, 7) is 1.06. The van der Waals surface area contributed by atoms with Crippen molar-refractivity contribution < 1.29 is 32.6 Å². The number of carbonyl (C=O) groups is 3. The maximum atomic E-state index is 14.2. The summed E-state index contributed by atoms with van der Waals surface area (Å²) in [6.07, 6.45) is -2.22. The molecule has 1 aliphatic heterocycles. The van der Waals surface area contributed by atoms with Crippen LogP contribution in [0.5, 0.6) is 5.75 Å². The first-order valence-electron chi connectivity index (χ1n) is 14.2. The highest BCUT2D eigenvalue weighted by Gasteiger charge is 2.62. The van der Waals surface area contributed by atoms with Gasteiger partial charge in [-0.2, -0.15) is 0 Å². The van der Waals surface area contributed by atoms with Crippen LogP contribution in [-0.2, 0) is 31.1 Å². The van der Waals surface area contributed by atoms with Gasteiger partial charge >= 0.3 is 5.97 Å². The Kier molecular flexibility index (Phi) is 8.79. The molecule has 5 rings (SSSR count). The summed E-state index contributed by atoms with van der Waals surface area (Å²) < 4.78 is 36.7. The topological polar surface area (TPSA) is 156 Å². The van der Waals surface area contributed by atoms with Gasteiger partial charge in [-0.1, -0.05) is 18.2 Å². The van der Waals surface area contributed by atoms with Crippen LogP contribution in [0.1, 0.15) is 48.1 Å². The molecule has 3 aromatic rings. The van der Waals surface area contributed by atoms with Crippen LogP contribution in [0.3, 0.4) is 0 Å². The van der Waals surface area contributed by atoms with Crippen LogP contribution < -0.4 is 26.4 Å². The highest BCUT2D eigenvalue weighted by molar-refractivity contribution is 5.95. The van der Waals surface area contributed by atoms with E-state index >= 15 is 0 Å². The molecule has 1 aliphatic carbocycles. The Morgan fingerprint density at radius 2 is 1.89 bits per heavy atom. The number of halogens is 2. The van der Waals surface area contributed by atoms with E-state index in [-0.39, 0.29) is 36.9 Å². The van der Waals surface area contributed by atoms with Gasteiger partial charge in [0.2, 0.25) is 11.8 Å². The van der Waals surface area contributed by atoms with E-state index in [1.54, 1.807) is 67.6 Å². The van der Waals surface area contributed by atoms with Crippen LogP contribution in [-0.4, -0.2) is 43.3 Å². The van der Waals surface area contributed by atoms with Gasteiger partial charge in [0.15, 0.2) is 0 Å². The minimum absolute atomic E-state index is 0.0200. The second-order valence-corrected chi connectivity index (χ2v) is 10.7. The largest absolute Gasteiger partial charge is 0.487 e. The van der Waals surface area contributed by atoms with Crippen molar-refractivity contribution in [1.29, 1.82) is 5.41 Å². The zero-order valence-corrected chi connectivity index (χ0v) is 24.0. The molecular weight excluding hydrogens is 572 g/mol. The Bertz CT molecular complexity index is 1580. The first-order chi connectivity index (χ1) is 21.1. The Hall–Kier alpha value is -5.00. The monoisotopic (exact) mass is 605 g/mol. The SMILES string of the molecule is CCOC(=O)[C@H]1CC12NC(=O)C(Nc1ccc(C(=N)N)cc1)c1ccc(OCC(F)F)c(c1)CCC(=O)Nc1cccc2c1. The molecule has 1 fully saturated rings. The molecule has 1 spiro atoms. The number of nitrogens with two attached hydrogens (primary N) is 1. The number of aryl methyl sites for hydroxylation is 1. The Morgan fingerprint density at radius 1 is 1.11 bits per heavy atom. The predicted octanol–water partition coefficient (Wildman–Crippen LogP) is 4.25. The average Bonchev–Trinajstić information content (AvgIpc) is 3.73. The van der Waals surface area contributed by atoms with Crippen LogP contribution >= 0.6 is 0 Å². The second-order valence-electron chi connectivity index (χ2n) is 10.7. The first-order valence-corrected chi connectivity index (χ1v) is 14.2. The van der Waals surface area contributed by atoms with Gasteiger partial charge < -0.3 is 31.2 Å². The van der Waals surface area contributed by atoms with Crippen LogP contribution in [0, 0.1) is 11.3 Å². The molecule has 44 heavy (non-hydrogen) atoms. The molecule has 0 saturated heterocycles. The van der Waals surface area contributed by atoms with Crippen molar-refractivity contribution in [3.63, 3.8) is 0 Å². The lowest BCUT2D eigenvalue weighted by molar-refractivity contribution is -0.145. The fraction of sp³-hybridized carbons (Fsp3) is 0.312. The maximum Gasteiger partial charge on any atom is 0.311 e. The minimum atomic E-state index is -2.70. The molecule has 3 atom stereocenters. The van der Waals surface area contributed by atoms with Gasteiger partial charge in [0.05, 0.1) is 18.1 Å². The van der Waals surface area contributed by atoms with Crippen molar-refractivity contribution in [3.05, 3.63) is 89.0 Å². The smallest absolute Gasteiger partial charge is 0.311 e. The molecule has 230 valence electrons. The molecule has 0 radical (unpaired) electrons. The molecule has 0 aromatic heterocycles. The van der Waals surface area contributed by atoms with Gasteiger partial charge in [0.25, 0.3) is 6.43 Å². The van der Waals surface area contributed by atoms with Gasteiger partial charge in [-0.15, -0.1) is 0 Å². The molecule has 12 heteroatoms. The molecular formula is C32H33F2N5O5.